The van der Waals surface area contributed by atoms with Crippen LogP contribution in [0.2, 0.25) is 0 Å². The second-order valence-electron chi connectivity index (χ2n) is 7.31. The zero-order valence-electron chi connectivity index (χ0n) is 17.4. The molecule has 0 N–H and O–H groups in total. The molecule has 0 atom stereocenters. The lowest BCUT2D eigenvalue weighted by molar-refractivity contribution is -0.384. The number of hydrogen-bond acceptors (Lipinski definition) is 6. The van der Waals surface area contributed by atoms with E-state index in [2.05, 4.69) is 10.2 Å². The first-order valence-electron chi connectivity index (χ1n) is 9.59. The van der Waals surface area contributed by atoms with Gasteiger partial charge in [0.15, 0.2) is 11.0 Å². The molecule has 0 fully saturated rings. The van der Waals surface area contributed by atoms with Gasteiger partial charge in [0.1, 0.15) is 5.82 Å². The van der Waals surface area contributed by atoms with Gasteiger partial charge in [-0.15, -0.1) is 10.2 Å². The fraction of sp³-hybridized carbons (Fsp3) is 0.286. The molecular weight excluding hydrogens is 421 g/mol. The van der Waals surface area contributed by atoms with Crippen LogP contribution in [0.1, 0.15) is 13.8 Å². The maximum atomic E-state index is 14.3. The molecule has 0 aliphatic rings. The summed E-state index contributed by atoms with van der Waals surface area (Å²) in [6.45, 7) is 4.64. The highest BCUT2D eigenvalue weighted by atomic mass is 32.2. The molecule has 162 valence electrons. The highest BCUT2D eigenvalue weighted by molar-refractivity contribution is 7.99. The van der Waals surface area contributed by atoms with Gasteiger partial charge in [-0.05, 0) is 30.2 Å². The standard InChI is InChI=1S/C21H22FN5O3S/c1-14(2)12-26-20(17-6-4-5-7-18(17)22)23-24-21(26)31-13-19(28)25(3)15-8-10-16(11-9-15)27(29)30/h4-11,14H,12-13H2,1-3H3. The molecule has 0 aliphatic heterocycles. The average Bonchev–Trinajstić information content (AvgIpc) is 3.13. The zero-order valence-corrected chi connectivity index (χ0v) is 18.2. The number of nitro groups is 1. The summed E-state index contributed by atoms with van der Waals surface area (Å²) in [7, 11) is 1.60. The Bertz CT molecular complexity index is 1080. The first-order chi connectivity index (χ1) is 14.8. The summed E-state index contributed by atoms with van der Waals surface area (Å²) in [5.74, 6) is 0.182. The number of benzene rings is 2. The lowest BCUT2D eigenvalue weighted by atomic mass is 10.2. The Morgan fingerprint density at radius 1 is 1.19 bits per heavy atom. The summed E-state index contributed by atoms with van der Waals surface area (Å²) in [5, 5.41) is 19.7. The number of anilines is 1. The number of hydrogen-bond donors (Lipinski definition) is 0. The maximum Gasteiger partial charge on any atom is 0.269 e. The predicted molar refractivity (Wildman–Crippen MR) is 117 cm³/mol. The van der Waals surface area contributed by atoms with Gasteiger partial charge in [-0.3, -0.25) is 14.9 Å². The van der Waals surface area contributed by atoms with Crippen molar-refractivity contribution in [2.75, 3.05) is 17.7 Å². The molecule has 2 aromatic carbocycles. The molecular formula is C21H22FN5O3S. The van der Waals surface area contributed by atoms with E-state index in [1.54, 1.807) is 25.2 Å². The molecule has 8 nitrogen and oxygen atoms in total. The third-order valence-corrected chi connectivity index (χ3v) is 5.48. The largest absolute Gasteiger partial charge is 0.315 e. The van der Waals surface area contributed by atoms with Crippen LogP contribution in [0, 0.1) is 21.8 Å². The molecule has 1 aromatic heterocycles. The van der Waals surface area contributed by atoms with E-state index in [0.29, 0.717) is 28.8 Å². The Kier molecular flexibility index (Phi) is 7.01. The van der Waals surface area contributed by atoms with Crippen LogP contribution < -0.4 is 4.90 Å². The Morgan fingerprint density at radius 3 is 2.48 bits per heavy atom. The fourth-order valence-electron chi connectivity index (χ4n) is 2.93. The van der Waals surface area contributed by atoms with Crippen molar-refractivity contribution in [1.82, 2.24) is 14.8 Å². The number of amides is 1. The van der Waals surface area contributed by atoms with Gasteiger partial charge < -0.3 is 9.47 Å². The van der Waals surface area contributed by atoms with Crippen LogP contribution in [0.5, 0.6) is 0 Å². The third kappa shape index (κ3) is 5.26. The van der Waals surface area contributed by atoms with Gasteiger partial charge >= 0.3 is 0 Å². The summed E-state index contributed by atoms with van der Waals surface area (Å²) in [6.07, 6.45) is 0. The van der Waals surface area contributed by atoms with E-state index < -0.39 is 4.92 Å². The summed E-state index contributed by atoms with van der Waals surface area (Å²) >= 11 is 1.22. The third-order valence-electron chi connectivity index (χ3n) is 4.53. The Hall–Kier alpha value is -3.27. The van der Waals surface area contributed by atoms with Crippen molar-refractivity contribution in [2.45, 2.75) is 25.5 Å². The molecule has 3 rings (SSSR count). The van der Waals surface area contributed by atoms with E-state index in [1.165, 1.54) is 47.0 Å². The van der Waals surface area contributed by atoms with E-state index >= 15 is 0 Å². The second-order valence-corrected chi connectivity index (χ2v) is 8.25. The van der Waals surface area contributed by atoms with E-state index in [-0.39, 0.29) is 29.1 Å². The fourth-order valence-corrected chi connectivity index (χ4v) is 3.79. The molecule has 10 heteroatoms. The lowest BCUT2D eigenvalue weighted by Crippen LogP contribution is -2.28. The molecule has 31 heavy (non-hydrogen) atoms. The van der Waals surface area contributed by atoms with Gasteiger partial charge in [-0.25, -0.2) is 4.39 Å². The first-order valence-corrected chi connectivity index (χ1v) is 10.6. The maximum absolute atomic E-state index is 14.3. The van der Waals surface area contributed by atoms with E-state index in [0.717, 1.165) is 0 Å². The van der Waals surface area contributed by atoms with Crippen LogP contribution in [-0.4, -0.2) is 38.4 Å². The molecule has 0 aliphatic carbocycles. The number of carbonyl (C=O) groups excluding carboxylic acids is 1. The number of aromatic nitrogens is 3. The molecule has 0 unspecified atom stereocenters. The molecule has 0 spiro atoms. The van der Waals surface area contributed by atoms with Crippen LogP contribution in [0.3, 0.4) is 0 Å². The van der Waals surface area contributed by atoms with Gasteiger partial charge in [0.25, 0.3) is 5.69 Å². The van der Waals surface area contributed by atoms with Crippen molar-refractivity contribution < 1.29 is 14.1 Å². The van der Waals surface area contributed by atoms with E-state index in [1.807, 2.05) is 18.4 Å². The Labute approximate surface area is 183 Å². The molecule has 1 heterocycles. The molecule has 0 saturated heterocycles. The molecule has 1 amide bonds. The molecule has 0 saturated carbocycles. The summed E-state index contributed by atoms with van der Waals surface area (Å²) in [4.78, 5) is 24.4. The normalized spacial score (nSPS) is 11.0. The quantitative estimate of drug-likeness (QED) is 0.291. The summed E-state index contributed by atoms with van der Waals surface area (Å²) in [6, 6.07) is 12.1. The number of rotatable bonds is 8. The number of thioether (sulfide) groups is 1. The van der Waals surface area contributed by atoms with Crippen LogP contribution >= 0.6 is 11.8 Å². The topological polar surface area (TPSA) is 94.2 Å². The number of non-ortho nitro benzene ring substituents is 1. The van der Waals surface area contributed by atoms with Crippen LogP contribution in [0.4, 0.5) is 15.8 Å². The predicted octanol–water partition coefficient (Wildman–Crippen LogP) is 4.40. The minimum atomic E-state index is -0.490. The zero-order chi connectivity index (χ0) is 22.5. The van der Waals surface area contributed by atoms with Crippen LogP contribution in [0.25, 0.3) is 11.4 Å². The molecule has 3 aromatic rings. The van der Waals surface area contributed by atoms with E-state index in [9.17, 15) is 19.3 Å². The number of nitrogens with zero attached hydrogens (tertiary/aromatic N) is 5. The first kappa shape index (κ1) is 22.4. The lowest BCUT2D eigenvalue weighted by Gasteiger charge is -2.17. The van der Waals surface area contributed by atoms with Crippen molar-refractivity contribution in [2.24, 2.45) is 5.92 Å². The molecule has 0 bridgehead atoms. The highest BCUT2D eigenvalue weighted by Crippen LogP contribution is 2.27. The van der Waals surface area contributed by atoms with Crippen molar-refractivity contribution in [3.8, 4) is 11.4 Å². The van der Waals surface area contributed by atoms with Gasteiger partial charge in [0, 0.05) is 31.4 Å². The monoisotopic (exact) mass is 443 g/mol. The summed E-state index contributed by atoms with van der Waals surface area (Å²) < 4.78 is 16.1. The van der Waals surface area contributed by atoms with Crippen molar-refractivity contribution in [3.63, 3.8) is 0 Å². The van der Waals surface area contributed by atoms with Gasteiger partial charge in [-0.2, -0.15) is 0 Å². The van der Waals surface area contributed by atoms with Crippen LogP contribution in [-0.2, 0) is 11.3 Å². The Morgan fingerprint density at radius 2 is 1.87 bits per heavy atom. The van der Waals surface area contributed by atoms with Gasteiger partial charge in [0.2, 0.25) is 5.91 Å². The van der Waals surface area contributed by atoms with Gasteiger partial charge in [0.05, 0.1) is 16.2 Å². The van der Waals surface area contributed by atoms with Crippen molar-refractivity contribution in [1.29, 1.82) is 0 Å². The van der Waals surface area contributed by atoms with Crippen LogP contribution in [0.15, 0.2) is 53.7 Å². The average molecular weight is 444 g/mol. The minimum Gasteiger partial charge on any atom is -0.315 e. The van der Waals surface area contributed by atoms with Crippen molar-refractivity contribution >= 4 is 29.0 Å². The minimum absolute atomic E-state index is 0.0403. The molecule has 0 radical (unpaired) electrons. The number of nitro benzene ring substituents is 1. The summed E-state index contributed by atoms with van der Waals surface area (Å²) in [5.41, 5.74) is 0.866. The highest BCUT2D eigenvalue weighted by Gasteiger charge is 2.20. The smallest absolute Gasteiger partial charge is 0.269 e. The van der Waals surface area contributed by atoms with Gasteiger partial charge in [-0.1, -0.05) is 37.7 Å². The number of halogens is 1. The number of carbonyl (C=O) groups is 1. The van der Waals surface area contributed by atoms with E-state index in [4.69, 9.17) is 0 Å². The van der Waals surface area contributed by atoms with Crippen molar-refractivity contribution in [3.05, 3.63) is 64.5 Å². The Balaban J connectivity index is 1.77. The SMILES string of the molecule is CC(C)Cn1c(SCC(=O)N(C)c2ccc([N+](=O)[O-])cc2)nnc1-c1ccccc1F. The second kappa shape index (κ2) is 9.69.